The van der Waals surface area contributed by atoms with Gasteiger partial charge in [0, 0.05) is 17.5 Å². The van der Waals surface area contributed by atoms with Crippen molar-refractivity contribution < 1.29 is 14.3 Å². The van der Waals surface area contributed by atoms with Gasteiger partial charge in [0.05, 0.1) is 11.8 Å². The molecule has 0 bridgehead atoms. The fraction of sp³-hybridized carbons (Fsp3) is 0.227. The van der Waals surface area contributed by atoms with Gasteiger partial charge in [-0.05, 0) is 44.2 Å². The van der Waals surface area contributed by atoms with Gasteiger partial charge in [-0.15, -0.1) is 0 Å². The number of hydrazone groups is 1. The van der Waals surface area contributed by atoms with E-state index in [4.69, 9.17) is 14.3 Å². The van der Waals surface area contributed by atoms with Crippen molar-refractivity contribution in [2.45, 2.75) is 32.5 Å². The summed E-state index contributed by atoms with van der Waals surface area (Å²) in [7, 11) is 0. The number of rotatable bonds is 2. The van der Waals surface area contributed by atoms with Crippen LogP contribution in [0.4, 0.5) is 0 Å². The van der Waals surface area contributed by atoms with Gasteiger partial charge in [0.25, 0.3) is 0 Å². The third kappa shape index (κ3) is 2.58. The number of fused-ring (bicyclic) bond motifs is 3. The lowest BCUT2D eigenvalue weighted by atomic mass is 9.95. The number of aromatic hydroxyl groups is 1. The second-order valence-electron chi connectivity index (χ2n) is 7.12. The highest BCUT2D eigenvalue weighted by Crippen LogP contribution is 2.48. The lowest BCUT2D eigenvalue weighted by molar-refractivity contribution is -0.0329. The summed E-state index contributed by atoms with van der Waals surface area (Å²) in [6.45, 7) is 3.93. The molecule has 0 aliphatic carbocycles. The highest BCUT2D eigenvalue weighted by Gasteiger charge is 2.42. The maximum atomic E-state index is 10.4. The second kappa shape index (κ2) is 5.91. The van der Waals surface area contributed by atoms with E-state index in [2.05, 4.69) is 6.07 Å². The van der Waals surface area contributed by atoms with Crippen LogP contribution in [0, 0.1) is 13.8 Å². The van der Waals surface area contributed by atoms with Gasteiger partial charge in [-0.1, -0.05) is 29.8 Å². The number of benzene rings is 2. The number of hydrogen-bond acceptors (Lipinski definition) is 5. The predicted molar refractivity (Wildman–Crippen MR) is 102 cm³/mol. The molecule has 0 saturated heterocycles. The Balaban J connectivity index is 1.62. The fourth-order valence-electron chi connectivity index (χ4n) is 3.85. The SMILES string of the molecule is Cc1ccc(O)c(C2=NN3[C@H](C2)c2ccccc2O[C@@H]3c2ccc(C)o2)c1. The maximum absolute atomic E-state index is 10.4. The highest BCUT2D eigenvalue weighted by atomic mass is 16.5. The molecule has 0 amide bonds. The van der Waals surface area contributed by atoms with Crippen molar-refractivity contribution in [3.63, 3.8) is 0 Å². The summed E-state index contributed by atoms with van der Waals surface area (Å²) >= 11 is 0. The molecule has 2 atom stereocenters. The molecular weight excluding hydrogens is 340 g/mol. The predicted octanol–water partition coefficient (Wildman–Crippen LogP) is 4.84. The first kappa shape index (κ1) is 16.0. The minimum atomic E-state index is -0.428. The van der Waals surface area contributed by atoms with Gasteiger partial charge in [0.1, 0.15) is 17.3 Å². The Morgan fingerprint density at radius 2 is 1.93 bits per heavy atom. The lowest BCUT2D eigenvalue weighted by Crippen LogP contribution is -2.33. The summed E-state index contributed by atoms with van der Waals surface area (Å²) in [5.74, 6) is 2.66. The number of aryl methyl sites for hydroxylation is 2. The van der Waals surface area contributed by atoms with Crippen LogP contribution in [-0.4, -0.2) is 15.8 Å². The van der Waals surface area contributed by atoms with Gasteiger partial charge >= 0.3 is 0 Å². The van der Waals surface area contributed by atoms with Crippen LogP contribution in [0.1, 0.15) is 46.9 Å². The zero-order valence-electron chi connectivity index (χ0n) is 15.2. The van der Waals surface area contributed by atoms with Crippen LogP contribution in [0.25, 0.3) is 0 Å². The number of nitrogens with zero attached hydrogens (tertiary/aromatic N) is 2. The first-order valence-electron chi connectivity index (χ1n) is 9.08. The molecule has 0 radical (unpaired) electrons. The zero-order chi connectivity index (χ0) is 18.5. The summed E-state index contributed by atoms with van der Waals surface area (Å²) in [5.41, 5.74) is 3.82. The molecule has 0 spiro atoms. The zero-order valence-corrected chi connectivity index (χ0v) is 15.2. The molecule has 2 aliphatic rings. The standard InChI is InChI=1S/C22H20N2O3/c1-13-7-9-19(25)16(11-13)17-12-18-15-5-3-4-6-20(15)27-22(24(18)23-17)21-10-8-14(2)26-21/h3-11,18,22,25H,12H2,1-2H3/t18-,22-/m1/s1. The molecular formula is C22H20N2O3. The largest absolute Gasteiger partial charge is 0.507 e. The molecule has 0 unspecified atom stereocenters. The van der Waals surface area contributed by atoms with Crippen LogP contribution >= 0.6 is 0 Å². The minimum absolute atomic E-state index is 0.0419. The van der Waals surface area contributed by atoms with Crippen LogP contribution < -0.4 is 4.74 Å². The first-order chi connectivity index (χ1) is 13.1. The Bertz CT molecular complexity index is 1050. The van der Waals surface area contributed by atoms with Crippen molar-refractivity contribution in [3.8, 4) is 11.5 Å². The van der Waals surface area contributed by atoms with Crippen molar-refractivity contribution in [2.24, 2.45) is 5.10 Å². The number of hydrogen-bond donors (Lipinski definition) is 1. The van der Waals surface area contributed by atoms with Crippen molar-refractivity contribution in [2.75, 3.05) is 0 Å². The number of phenols is 1. The number of para-hydroxylation sites is 1. The molecule has 5 rings (SSSR count). The molecule has 3 heterocycles. The quantitative estimate of drug-likeness (QED) is 0.710. The van der Waals surface area contributed by atoms with Crippen LogP contribution in [0.5, 0.6) is 11.5 Å². The molecule has 2 aromatic carbocycles. The fourth-order valence-corrected chi connectivity index (χ4v) is 3.85. The van der Waals surface area contributed by atoms with Gasteiger partial charge in [0.2, 0.25) is 6.23 Å². The van der Waals surface area contributed by atoms with E-state index in [9.17, 15) is 5.11 Å². The highest BCUT2D eigenvalue weighted by molar-refractivity contribution is 6.04. The molecule has 5 nitrogen and oxygen atoms in total. The van der Waals surface area contributed by atoms with Crippen LogP contribution in [-0.2, 0) is 0 Å². The molecule has 1 N–H and O–H groups in total. The van der Waals surface area contributed by atoms with E-state index >= 15 is 0 Å². The average Bonchev–Trinajstić information content (AvgIpc) is 3.30. The number of phenolic OH excluding ortho intramolecular Hbond substituents is 1. The van der Waals surface area contributed by atoms with E-state index in [1.807, 2.05) is 61.3 Å². The Morgan fingerprint density at radius 3 is 2.74 bits per heavy atom. The summed E-state index contributed by atoms with van der Waals surface area (Å²) in [5, 5.41) is 17.2. The summed E-state index contributed by atoms with van der Waals surface area (Å²) in [6.07, 6.45) is 0.274. The van der Waals surface area contributed by atoms with Gasteiger partial charge in [-0.3, -0.25) is 0 Å². The van der Waals surface area contributed by atoms with Gasteiger partial charge in [-0.2, -0.15) is 5.10 Å². The molecule has 136 valence electrons. The smallest absolute Gasteiger partial charge is 0.246 e. The van der Waals surface area contributed by atoms with E-state index in [1.54, 1.807) is 6.07 Å². The first-order valence-corrected chi connectivity index (χ1v) is 9.08. The van der Waals surface area contributed by atoms with Crippen LogP contribution in [0.3, 0.4) is 0 Å². The summed E-state index contributed by atoms with van der Waals surface area (Å²) in [4.78, 5) is 0. The minimum Gasteiger partial charge on any atom is -0.507 e. The number of furan rings is 1. The van der Waals surface area contributed by atoms with Gasteiger partial charge in [-0.25, -0.2) is 5.01 Å². The monoisotopic (exact) mass is 360 g/mol. The number of ether oxygens (including phenoxy) is 1. The van der Waals surface area contributed by atoms with Crippen molar-refractivity contribution in [1.29, 1.82) is 0 Å². The van der Waals surface area contributed by atoms with E-state index in [-0.39, 0.29) is 11.8 Å². The molecule has 2 aliphatic heterocycles. The Morgan fingerprint density at radius 1 is 1.07 bits per heavy atom. The van der Waals surface area contributed by atoms with E-state index in [0.29, 0.717) is 6.42 Å². The molecule has 0 fully saturated rings. The topological polar surface area (TPSA) is 58.2 Å². The van der Waals surface area contributed by atoms with E-state index < -0.39 is 6.23 Å². The van der Waals surface area contributed by atoms with Gasteiger partial charge < -0.3 is 14.3 Å². The van der Waals surface area contributed by atoms with E-state index in [0.717, 1.165) is 39.7 Å². The molecule has 1 aromatic heterocycles. The maximum Gasteiger partial charge on any atom is 0.246 e. The second-order valence-corrected chi connectivity index (χ2v) is 7.12. The molecule has 3 aromatic rings. The van der Waals surface area contributed by atoms with Crippen molar-refractivity contribution >= 4 is 5.71 Å². The molecule has 0 saturated carbocycles. The Kier molecular flexibility index (Phi) is 3.50. The van der Waals surface area contributed by atoms with E-state index in [1.165, 1.54) is 0 Å². The Hall–Kier alpha value is -3.21. The molecule has 27 heavy (non-hydrogen) atoms. The normalized spacial score (nSPS) is 20.7. The van der Waals surface area contributed by atoms with Crippen molar-refractivity contribution in [3.05, 3.63) is 82.8 Å². The van der Waals surface area contributed by atoms with Crippen LogP contribution in [0.2, 0.25) is 0 Å². The van der Waals surface area contributed by atoms with Crippen molar-refractivity contribution in [1.82, 2.24) is 5.01 Å². The van der Waals surface area contributed by atoms with Gasteiger partial charge in [0.15, 0.2) is 5.76 Å². The average molecular weight is 360 g/mol. The third-order valence-electron chi connectivity index (χ3n) is 5.17. The summed E-state index contributed by atoms with van der Waals surface area (Å²) < 4.78 is 12.1. The summed E-state index contributed by atoms with van der Waals surface area (Å²) in [6, 6.07) is 17.6. The molecule has 5 heteroatoms. The third-order valence-corrected chi connectivity index (χ3v) is 5.17. The lowest BCUT2D eigenvalue weighted by Gasteiger charge is -2.36. The Labute approximate surface area is 157 Å². The van der Waals surface area contributed by atoms with Crippen LogP contribution in [0.15, 0.2) is 64.1 Å².